The molecule has 1 aliphatic heterocycles. The topological polar surface area (TPSA) is 89.3 Å². The Bertz CT molecular complexity index is 992. The molecule has 3 rings (SSSR count). The molecule has 0 atom stereocenters. The number of carbonyl (C=O) groups excluding carboxylic acids is 2. The van der Waals surface area contributed by atoms with Crippen molar-refractivity contribution in [1.82, 2.24) is 19.5 Å². The number of aromatic nitrogens is 3. The van der Waals surface area contributed by atoms with Gasteiger partial charge in [-0.05, 0) is 70.3 Å². The van der Waals surface area contributed by atoms with E-state index in [0.29, 0.717) is 28.9 Å². The van der Waals surface area contributed by atoms with Gasteiger partial charge in [0.25, 0.3) is 0 Å². The fourth-order valence-corrected chi connectivity index (χ4v) is 4.38. The Morgan fingerprint density at radius 2 is 1.91 bits per heavy atom. The maximum atomic E-state index is 12.6. The number of amides is 1. The number of hydrogen-bond donors (Lipinski definition) is 0. The van der Waals surface area contributed by atoms with E-state index in [1.165, 1.54) is 0 Å². The lowest BCUT2D eigenvalue weighted by molar-refractivity contribution is 0.0204. The first kappa shape index (κ1) is 24.3. The van der Waals surface area contributed by atoms with Crippen LogP contribution in [0, 0.1) is 6.92 Å². The summed E-state index contributed by atoms with van der Waals surface area (Å²) in [6.45, 7) is 13.6. The molecule has 0 radical (unpaired) electrons. The van der Waals surface area contributed by atoms with Gasteiger partial charge in [-0.1, -0.05) is 0 Å². The number of anilines is 1. The molecule has 10 heteroatoms. The van der Waals surface area contributed by atoms with Gasteiger partial charge in [0.15, 0.2) is 11.3 Å². The number of ether oxygens (including phenoxy) is 2. The summed E-state index contributed by atoms with van der Waals surface area (Å²) in [5.74, 6) is 0.375. The third-order valence-corrected chi connectivity index (χ3v) is 6.01. The second-order valence-corrected chi connectivity index (χ2v) is 9.70. The van der Waals surface area contributed by atoms with Crippen molar-refractivity contribution in [1.29, 1.82) is 0 Å². The van der Waals surface area contributed by atoms with Gasteiger partial charge in [-0.15, -0.1) is 0 Å². The number of halogens is 1. The molecule has 1 amide bonds. The zero-order valence-electron chi connectivity index (χ0n) is 19.6. The summed E-state index contributed by atoms with van der Waals surface area (Å²) < 4.78 is 13.2. The second-order valence-electron chi connectivity index (χ2n) is 8.84. The van der Waals surface area contributed by atoms with Crippen LogP contribution in [-0.4, -0.2) is 69.4 Å². The van der Waals surface area contributed by atoms with Crippen LogP contribution in [0.15, 0.2) is 10.7 Å². The Balaban J connectivity index is 1.91. The van der Waals surface area contributed by atoms with Crippen molar-refractivity contribution in [2.24, 2.45) is 0 Å². The molecule has 2 aromatic heterocycles. The van der Waals surface area contributed by atoms with Crippen molar-refractivity contribution in [3.63, 3.8) is 0 Å². The third kappa shape index (κ3) is 5.00. The van der Waals surface area contributed by atoms with Gasteiger partial charge < -0.3 is 19.3 Å². The lowest BCUT2D eigenvalue weighted by atomic mass is 10.0. The van der Waals surface area contributed by atoms with Crippen molar-refractivity contribution in [3.05, 3.63) is 21.9 Å². The quantitative estimate of drug-likeness (QED) is 0.557. The molecular formula is C22H32BrN5O4. The van der Waals surface area contributed by atoms with Crippen LogP contribution in [0.25, 0.3) is 5.65 Å². The number of esters is 1. The highest BCUT2D eigenvalue weighted by atomic mass is 79.9. The number of rotatable bonds is 5. The summed E-state index contributed by atoms with van der Waals surface area (Å²) in [5.41, 5.74) is 1.07. The number of piperidine rings is 1. The first-order valence-electron chi connectivity index (χ1n) is 11.0. The summed E-state index contributed by atoms with van der Waals surface area (Å²) in [6, 6.07) is 0.181. The maximum absolute atomic E-state index is 12.6. The number of nitrogens with zero attached hydrogens (tertiary/aromatic N) is 5. The Morgan fingerprint density at radius 1 is 1.25 bits per heavy atom. The smallest absolute Gasteiger partial charge is 0.410 e. The van der Waals surface area contributed by atoms with E-state index < -0.39 is 11.6 Å². The van der Waals surface area contributed by atoms with Crippen molar-refractivity contribution >= 4 is 39.5 Å². The van der Waals surface area contributed by atoms with Gasteiger partial charge in [0.1, 0.15) is 11.4 Å². The van der Waals surface area contributed by atoms with Gasteiger partial charge in [-0.2, -0.15) is 9.61 Å². The Hall–Kier alpha value is -2.36. The minimum atomic E-state index is -0.514. The van der Waals surface area contributed by atoms with Crippen LogP contribution in [0.4, 0.5) is 10.6 Å². The summed E-state index contributed by atoms with van der Waals surface area (Å²) >= 11 is 3.49. The van der Waals surface area contributed by atoms with Crippen molar-refractivity contribution in [2.75, 3.05) is 31.1 Å². The molecule has 0 bridgehead atoms. The zero-order valence-corrected chi connectivity index (χ0v) is 21.2. The Morgan fingerprint density at radius 3 is 2.47 bits per heavy atom. The van der Waals surface area contributed by atoms with Crippen LogP contribution in [0.2, 0.25) is 0 Å². The monoisotopic (exact) mass is 509 g/mol. The van der Waals surface area contributed by atoms with E-state index in [4.69, 9.17) is 9.47 Å². The maximum Gasteiger partial charge on any atom is 0.410 e. The average Bonchev–Trinajstić information content (AvgIpc) is 3.09. The van der Waals surface area contributed by atoms with Crippen molar-refractivity contribution in [2.45, 2.75) is 66.0 Å². The van der Waals surface area contributed by atoms with Gasteiger partial charge in [0.05, 0.1) is 17.3 Å². The average molecular weight is 510 g/mol. The van der Waals surface area contributed by atoms with Gasteiger partial charge in [0.2, 0.25) is 0 Å². The van der Waals surface area contributed by atoms with E-state index in [1.807, 2.05) is 27.7 Å². The lowest BCUT2D eigenvalue weighted by Gasteiger charge is -2.40. The summed E-state index contributed by atoms with van der Waals surface area (Å²) in [6.07, 6.45) is 2.97. The summed E-state index contributed by atoms with van der Waals surface area (Å²) in [4.78, 5) is 33.6. The second kappa shape index (κ2) is 9.64. The molecule has 1 saturated heterocycles. The fraction of sp³-hybridized carbons (Fsp3) is 0.636. The van der Waals surface area contributed by atoms with E-state index in [1.54, 1.807) is 22.5 Å². The van der Waals surface area contributed by atoms with E-state index in [9.17, 15) is 9.59 Å². The molecule has 0 saturated carbocycles. The van der Waals surface area contributed by atoms with E-state index in [-0.39, 0.29) is 18.7 Å². The summed E-state index contributed by atoms with van der Waals surface area (Å²) in [7, 11) is 0. The molecule has 0 N–H and O–H groups in total. The molecule has 1 fully saturated rings. The largest absolute Gasteiger partial charge is 0.461 e. The molecule has 3 heterocycles. The van der Waals surface area contributed by atoms with Crippen LogP contribution >= 0.6 is 15.9 Å². The highest BCUT2D eigenvalue weighted by Crippen LogP contribution is 2.31. The third-order valence-electron chi connectivity index (χ3n) is 5.45. The van der Waals surface area contributed by atoms with E-state index in [0.717, 1.165) is 30.8 Å². The number of carbonyl (C=O) groups is 2. The van der Waals surface area contributed by atoms with Crippen LogP contribution in [0.3, 0.4) is 0 Å². The lowest BCUT2D eigenvalue weighted by Crippen LogP contribution is -2.48. The molecular weight excluding hydrogens is 478 g/mol. The highest BCUT2D eigenvalue weighted by molar-refractivity contribution is 9.10. The molecule has 2 aromatic rings. The molecule has 0 aliphatic carbocycles. The van der Waals surface area contributed by atoms with Crippen LogP contribution in [0.1, 0.15) is 63.5 Å². The Labute approximate surface area is 197 Å². The van der Waals surface area contributed by atoms with Crippen LogP contribution in [0.5, 0.6) is 0 Å². The Kier molecular flexibility index (Phi) is 7.32. The minimum Gasteiger partial charge on any atom is -0.461 e. The van der Waals surface area contributed by atoms with E-state index >= 15 is 0 Å². The molecule has 32 heavy (non-hydrogen) atoms. The first-order chi connectivity index (χ1) is 15.1. The van der Waals surface area contributed by atoms with Crippen molar-refractivity contribution in [3.8, 4) is 0 Å². The minimum absolute atomic E-state index is 0.181. The highest BCUT2D eigenvalue weighted by Gasteiger charge is 2.32. The SMILES string of the molecule is CCOC(=O)c1nc2c(Br)cnn2c(N(CC)C2CCN(C(=O)OC(C)(C)C)CC2)c1C. The van der Waals surface area contributed by atoms with Gasteiger partial charge in [0, 0.05) is 31.2 Å². The van der Waals surface area contributed by atoms with E-state index in [2.05, 4.69) is 37.8 Å². The fourth-order valence-electron chi connectivity index (χ4n) is 4.04. The first-order valence-corrected chi connectivity index (χ1v) is 11.8. The normalized spacial score (nSPS) is 15.2. The number of fused-ring (bicyclic) bond motifs is 1. The molecule has 176 valence electrons. The van der Waals surface area contributed by atoms with Gasteiger partial charge in [-0.3, -0.25) is 0 Å². The van der Waals surface area contributed by atoms with Crippen LogP contribution in [-0.2, 0) is 9.47 Å². The molecule has 9 nitrogen and oxygen atoms in total. The van der Waals surface area contributed by atoms with Crippen LogP contribution < -0.4 is 4.90 Å². The standard InChI is InChI=1S/C22H32BrN5O4/c1-7-27(15-9-11-26(12-10-15)21(30)32-22(4,5)6)19-14(3)17(20(29)31-8-2)25-18-16(23)13-24-28(18)19/h13,15H,7-12H2,1-6H3. The molecule has 1 aliphatic rings. The number of likely N-dealkylation sites (tertiary alicyclic amines) is 1. The summed E-state index contributed by atoms with van der Waals surface area (Å²) in [5, 5.41) is 4.50. The van der Waals surface area contributed by atoms with Gasteiger partial charge in [-0.25, -0.2) is 14.6 Å². The molecule has 0 aromatic carbocycles. The zero-order chi connectivity index (χ0) is 23.6. The molecule has 0 spiro atoms. The molecule has 0 unspecified atom stereocenters. The predicted molar refractivity (Wildman–Crippen MR) is 125 cm³/mol. The van der Waals surface area contributed by atoms with Gasteiger partial charge >= 0.3 is 12.1 Å². The predicted octanol–water partition coefficient (Wildman–Crippen LogP) is 4.20. The van der Waals surface area contributed by atoms with Crippen molar-refractivity contribution < 1.29 is 19.1 Å². The number of hydrogen-bond acceptors (Lipinski definition) is 7.